The van der Waals surface area contributed by atoms with Crippen molar-refractivity contribution < 1.29 is 4.79 Å². The van der Waals surface area contributed by atoms with Crippen molar-refractivity contribution >= 4 is 23.2 Å². The molecule has 24 heavy (non-hydrogen) atoms. The number of hydrogen-bond donors (Lipinski definition) is 1. The first kappa shape index (κ1) is 16.0. The Bertz CT molecular complexity index is 853. The van der Waals surface area contributed by atoms with E-state index >= 15 is 0 Å². The summed E-state index contributed by atoms with van der Waals surface area (Å²) in [6, 6.07) is 14.5. The fourth-order valence-corrected chi connectivity index (χ4v) is 2.28. The Balaban J connectivity index is 1.69. The summed E-state index contributed by atoms with van der Waals surface area (Å²) in [4.78, 5) is 16.1. The van der Waals surface area contributed by atoms with Gasteiger partial charge in [0.25, 0.3) is 5.91 Å². The van der Waals surface area contributed by atoms with Gasteiger partial charge in [0.05, 0.1) is 12.0 Å². The predicted octanol–water partition coefficient (Wildman–Crippen LogP) is 3.68. The van der Waals surface area contributed by atoms with Crippen LogP contribution in [-0.4, -0.2) is 21.2 Å². The first-order chi connectivity index (χ1) is 11.6. The monoisotopic (exact) mass is 338 g/mol. The fraction of sp³-hybridized carbons (Fsp3) is 0.0556. The number of benzene rings is 2. The zero-order valence-corrected chi connectivity index (χ0v) is 13.7. The van der Waals surface area contributed by atoms with Crippen molar-refractivity contribution in [3.05, 3.63) is 83.4 Å². The molecule has 0 aliphatic rings. The molecule has 0 unspecified atom stereocenters. The number of rotatable bonds is 4. The molecule has 120 valence electrons. The minimum atomic E-state index is -0.277. The Morgan fingerprint density at radius 2 is 1.75 bits per heavy atom. The van der Waals surface area contributed by atoms with Gasteiger partial charge in [-0.2, -0.15) is 5.10 Å². The van der Waals surface area contributed by atoms with Crippen LogP contribution < -0.4 is 5.43 Å². The van der Waals surface area contributed by atoms with Crippen molar-refractivity contribution in [1.82, 2.24) is 15.0 Å². The van der Waals surface area contributed by atoms with Crippen molar-refractivity contribution in [2.45, 2.75) is 6.92 Å². The lowest BCUT2D eigenvalue weighted by atomic mass is 10.1. The number of nitrogens with zero attached hydrogens (tertiary/aromatic N) is 3. The number of carbonyl (C=O) groups excluding carboxylic acids is 1. The Labute approximate surface area is 144 Å². The molecule has 0 aliphatic carbocycles. The van der Waals surface area contributed by atoms with Crippen LogP contribution in [0.4, 0.5) is 0 Å². The number of hydrogen-bond acceptors (Lipinski definition) is 3. The summed E-state index contributed by atoms with van der Waals surface area (Å²) in [6.07, 6.45) is 5.34. The van der Waals surface area contributed by atoms with Crippen molar-refractivity contribution in [3.8, 4) is 5.69 Å². The van der Waals surface area contributed by atoms with E-state index < -0.39 is 0 Å². The molecular weight excluding hydrogens is 324 g/mol. The first-order valence-corrected chi connectivity index (χ1v) is 7.70. The van der Waals surface area contributed by atoms with Crippen molar-refractivity contribution in [2.24, 2.45) is 5.10 Å². The zero-order chi connectivity index (χ0) is 16.9. The molecule has 0 saturated carbocycles. The number of carbonyl (C=O) groups is 1. The Morgan fingerprint density at radius 3 is 2.38 bits per heavy atom. The number of nitrogens with one attached hydrogen (secondary N) is 1. The highest BCUT2D eigenvalue weighted by atomic mass is 35.5. The van der Waals surface area contributed by atoms with Crippen LogP contribution in [0.2, 0.25) is 5.02 Å². The molecule has 0 bridgehead atoms. The van der Waals surface area contributed by atoms with Gasteiger partial charge in [-0.25, -0.2) is 10.4 Å². The van der Waals surface area contributed by atoms with E-state index in [9.17, 15) is 4.79 Å². The van der Waals surface area contributed by atoms with Crippen molar-refractivity contribution in [2.75, 3.05) is 0 Å². The number of aromatic nitrogens is 2. The van der Waals surface area contributed by atoms with Gasteiger partial charge in [0.1, 0.15) is 0 Å². The quantitative estimate of drug-likeness (QED) is 0.582. The summed E-state index contributed by atoms with van der Waals surface area (Å²) in [5, 5.41) is 4.74. The smallest absolute Gasteiger partial charge is 0.271 e. The molecule has 5 nitrogen and oxygen atoms in total. The molecule has 0 fully saturated rings. The number of imidazole rings is 1. The van der Waals surface area contributed by atoms with Gasteiger partial charge in [-0.05, 0) is 48.9 Å². The van der Waals surface area contributed by atoms with Crippen LogP contribution in [0.5, 0.6) is 0 Å². The Kier molecular flexibility index (Phi) is 4.72. The molecule has 6 heteroatoms. The van der Waals surface area contributed by atoms with Gasteiger partial charge in [-0.1, -0.05) is 23.7 Å². The van der Waals surface area contributed by atoms with Gasteiger partial charge in [-0.3, -0.25) is 4.79 Å². The molecule has 1 aromatic heterocycles. The molecule has 0 saturated heterocycles. The third-order valence-corrected chi connectivity index (χ3v) is 3.77. The van der Waals surface area contributed by atoms with Crippen LogP contribution in [0.1, 0.15) is 22.8 Å². The number of halogens is 1. The van der Waals surface area contributed by atoms with Gasteiger partial charge in [0.15, 0.2) is 0 Å². The van der Waals surface area contributed by atoms with Gasteiger partial charge in [0.2, 0.25) is 0 Å². The SMILES string of the molecule is CC(=NNC(=O)c1ccc(Cl)cc1)c1ccc(-n2ccnc2)cc1. The van der Waals surface area contributed by atoms with Crippen LogP contribution in [0, 0.1) is 0 Å². The summed E-state index contributed by atoms with van der Waals surface area (Å²) >= 11 is 5.81. The van der Waals surface area contributed by atoms with Gasteiger partial charge in [-0.15, -0.1) is 0 Å². The summed E-state index contributed by atoms with van der Waals surface area (Å²) in [5.74, 6) is -0.277. The molecule has 0 radical (unpaired) electrons. The van der Waals surface area contributed by atoms with Gasteiger partial charge in [0, 0.05) is 28.7 Å². The lowest BCUT2D eigenvalue weighted by Gasteiger charge is -2.05. The predicted molar refractivity (Wildman–Crippen MR) is 94.7 cm³/mol. The van der Waals surface area contributed by atoms with E-state index in [1.54, 1.807) is 36.8 Å². The average Bonchev–Trinajstić information content (AvgIpc) is 3.15. The molecule has 0 aliphatic heterocycles. The molecule has 1 heterocycles. The fourth-order valence-electron chi connectivity index (χ4n) is 2.15. The summed E-state index contributed by atoms with van der Waals surface area (Å²) < 4.78 is 1.92. The van der Waals surface area contributed by atoms with Crippen LogP contribution >= 0.6 is 11.6 Å². The molecule has 3 aromatic rings. The largest absolute Gasteiger partial charge is 0.306 e. The molecule has 2 aromatic carbocycles. The Morgan fingerprint density at radius 1 is 1.08 bits per heavy atom. The van der Waals surface area contributed by atoms with E-state index in [1.165, 1.54) is 0 Å². The highest BCUT2D eigenvalue weighted by molar-refractivity contribution is 6.30. The van der Waals surface area contributed by atoms with E-state index in [0.29, 0.717) is 10.6 Å². The maximum absolute atomic E-state index is 12.0. The highest BCUT2D eigenvalue weighted by Crippen LogP contribution is 2.11. The highest BCUT2D eigenvalue weighted by Gasteiger charge is 2.05. The van der Waals surface area contributed by atoms with Gasteiger partial charge < -0.3 is 4.57 Å². The third-order valence-electron chi connectivity index (χ3n) is 3.52. The standard InChI is InChI=1S/C18H15ClN4O/c1-13(21-22-18(24)15-2-6-16(19)7-3-15)14-4-8-17(9-5-14)23-11-10-20-12-23/h2-12H,1H3,(H,22,24). The summed E-state index contributed by atoms with van der Waals surface area (Å²) in [7, 11) is 0. The van der Waals surface area contributed by atoms with E-state index in [-0.39, 0.29) is 5.91 Å². The second-order valence-electron chi connectivity index (χ2n) is 5.16. The second kappa shape index (κ2) is 7.10. The minimum Gasteiger partial charge on any atom is -0.306 e. The first-order valence-electron chi connectivity index (χ1n) is 7.32. The van der Waals surface area contributed by atoms with E-state index in [0.717, 1.165) is 17.0 Å². The topological polar surface area (TPSA) is 59.3 Å². The van der Waals surface area contributed by atoms with E-state index in [1.807, 2.05) is 42.0 Å². The summed E-state index contributed by atoms with van der Waals surface area (Å²) in [5.41, 5.74) is 5.71. The maximum Gasteiger partial charge on any atom is 0.271 e. The molecule has 1 amide bonds. The molecule has 0 atom stereocenters. The molecular formula is C18H15ClN4O. The van der Waals surface area contributed by atoms with Crippen LogP contribution in [0.25, 0.3) is 5.69 Å². The number of hydrazone groups is 1. The normalized spacial score (nSPS) is 11.3. The maximum atomic E-state index is 12.0. The molecule has 3 rings (SSSR count). The molecule has 1 N–H and O–H groups in total. The van der Waals surface area contributed by atoms with E-state index in [2.05, 4.69) is 15.5 Å². The summed E-state index contributed by atoms with van der Waals surface area (Å²) in [6.45, 7) is 1.84. The lowest BCUT2D eigenvalue weighted by Crippen LogP contribution is -2.19. The second-order valence-corrected chi connectivity index (χ2v) is 5.60. The zero-order valence-electron chi connectivity index (χ0n) is 13.0. The third kappa shape index (κ3) is 3.70. The average molecular weight is 339 g/mol. The Hall–Kier alpha value is -2.92. The number of amides is 1. The van der Waals surface area contributed by atoms with Crippen LogP contribution in [0.3, 0.4) is 0 Å². The minimum absolute atomic E-state index is 0.277. The lowest BCUT2D eigenvalue weighted by molar-refractivity contribution is 0.0955. The van der Waals surface area contributed by atoms with Gasteiger partial charge >= 0.3 is 0 Å². The van der Waals surface area contributed by atoms with Crippen LogP contribution in [-0.2, 0) is 0 Å². The van der Waals surface area contributed by atoms with Crippen molar-refractivity contribution in [1.29, 1.82) is 0 Å². The van der Waals surface area contributed by atoms with E-state index in [4.69, 9.17) is 11.6 Å². The molecule has 0 spiro atoms. The van der Waals surface area contributed by atoms with Crippen LogP contribution in [0.15, 0.2) is 72.4 Å². The van der Waals surface area contributed by atoms with Crippen molar-refractivity contribution in [3.63, 3.8) is 0 Å².